The lowest BCUT2D eigenvalue weighted by molar-refractivity contribution is -0.185. The number of sulfonamides is 1. The zero-order valence-electron chi connectivity index (χ0n) is 21.4. The Bertz CT molecular complexity index is 1260. The van der Waals surface area contributed by atoms with Crippen LogP contribution in [0.4, 0.5) is 0 Å². The molecule has 0 saturated carbocycles. The summed E-state index contributed by atoms with van der Waals surface area (Å²) in [5.74, 6) is -1.89. The van der Waals surface area contributed by atoms with Gasteiger partial charge in [-0.25, -0.2) is 8.42 Å². The van der Waals surface area contributed by atoms with E-state index < -0.39 is 40.6 Å². The summed E-state index contributed by atoms with van der Waals surface area (Å²) in [5.41, 5.74) is 7.82. The zero-order valence-corrected chi connectivity index (χ0v) is 23.0. The molecular formula is C25H34ClN5O6S. The molecule has 1 fully saturated rings. The fourth-order valence-electron chi connectivity index (χ4n) is 4.12. The number of carboxylic acids is 1. The second-order valence-corrected chi connectivity index (χ2v) is 11.0. The first-order valence-corrected chi connectivity index (χ1v) is 13.3. The number of aryl methyl sites for hydroxylation is 1. The summed E-state index contributed by atoms with van der Waals surface area (Å²) in [6.07, 6.45) is 0.0439. The Morgan fingerprint density at radius 3 is 2.42 bits per heavy atom. The predicted molar refractivity (Wildman–Crippen MR) is 144 cm³/mol. The minimum atomic E-state index is -4.10. The summed E-state index contributed by atoms with van der Waals surface area (Å²) in [6.45, 7) is 5.25. The Morgan fingerprint density at radius 1 is 1.21 bits per heavy atom. The molecule has 0 unspecified atom stereocenters. The number of hydrogen-bond acceptors (Lipinski definition) is 7. The molecule has 0 aromatic heterocycles. The molecule has 0 bridgehead atoms. The highest BCUT2D eigenvalue weighted by atomic mass is 35.5. The summed E-state index contributed by atoms with van der Waals surface area (Å²) in [6, 6.07) is 11.7. The van der Waals surface area contributed by atoms with Gasteiger partial charge >= 0.3 is 5.97 Å². The smallest absolute Gasteiger partial charge is 0.323 e. The van der Waals surface area contributed by atoms with Crippen LogP contribution in [-0.4, -0.2) is 61.0 Å². The number of nitrogens with one attached hydrogen (secondary N) is 3. The van der Waals surface area contributed by atoms with E-state index in [-0.39, 0.29) is 41.6 Å². The molecule has 1 heterocycles. The van der Waals surface area contributed by atoms with Crippen LogP contribution in [0.5, 0.6) is 0 Å². The number of amides is 1. The first-order valence-electron chi connectivity index (χ1n) is 11.9. The Morgan fingerprint density at radius 2 is 1.87 bits per heavy atom. The van der Waals surface area contributed by atoms with Crippen molar-refractivity contribution >= 4 is 40.1 Å². The van der Waals surface area contributed by atoms with Crippen molar-refractivity contribution in [3.8, 4) is 0 Å². The van der Waals surface area contributed by atoms with E-state index in [0.717, 1.165) is 5.56 Å². The van der Waals surface area contributed by atoms with E-state index in [1.165, 1.54) is 12.1 Å². The highest BCUT2D eigenvalue weighted by molar-refractivity contribution is 7.89. The van der Waals surface area contributed by atoms with Crippen LogP contribution in [0.25, 0.3) is 0 Å². The molecule has 3 atom stereocenters. The molecule has 3 rings (SSSR count). The number of carboxylic acid groups (broad SMARTS) is 1. The molecule has 1 aliphatic heterocycles. The largest absolute Gasteiger partial charge is 0.480 e. The number of hydrogen-bond donors (Lipinski definition) is 5. The van der Waals surface area contributed by atoms with Crippen molar-refractivity contribution < 1.29 is 28.0 Å². The number of amidine groups is 1. The SMILES string of the molecule is Cc1cccc(S(=O)(=O)N[C@@H](CNC(=O)C[C@@H]2C[C@H](c3ccc(C(=N)N)cc3)N(C(C)C)O2)C(=O)O)c1.Cl. The number of hydroxylamine groups is 2. The lowest BCUT2D eigenvalue weighted by Gasteiger charge is -2.26. The minimum Gasteiger partial charge on any atom is -0.480 e. The number of rotatable bonds is 11. The van der Waals surface area contributed by atoms with Crippen LogP contribution in [0, 0.1) is 12.3 Å². The maximum absolute atomic E-state index is 12.6. The molecule has 6 N–H and O–H groups in total. The summed E-state index contributed by atoms with van der Waals surface area (Å²) >= 11 is 0. The third-order valence-corrected chi connectivity index (χ3v) is 7.46. The molecule has 11 nitrogen and oxygen atoms in total. The van der Waals surface area contributed by atoms with Gasteiger partial charge in [-0.1, -0.05) is 36.4 Å². The monoisotopic (exact) mass is 567 g/mol. The number of nitrogens with two attached hydrogens (primary N) is 1. The van der Waals surface area contributed by atoms with Crippen LogP contribution in [0.2, 0.25) is 0 Å². The number of nitrogens with zero attached hydrogens (tertiary/aromatic N) is 1. The fraction of sp³-hybridized carbons (Fsp3) is 0.400. The highest BCUT2D eigenvalue weighted by Crippen LogP contribution is 2.36. The summed E-state index contributed by atoms with van der Waals surface area (Å²) < 4.78 is 27.4. The molecule has 38 heavy (non-hydrogen) atoms. The van der Waals surface area contributed by atoms with Crippen molar-refractivity contribution in [3.05, 3.63) is 65.2 Å². The molecule has 0 spiro atoms. The lowest BCUT2D eigenvalue weighted by atomic mass is 9.98. The van der Waals surface area contributed by atoms with Crippen LogP contribution in [-0.2, 0) is 24.4 Å². The Kier molecular flexibility index (Phi) is 10.8. The van der Waals surface area contributed by atoms with Gasteiger partial charge in [-0.15, -0.1) is 12.4 Å². The first-order chi connectivity index (χ1) is 17.4. The molecule has 2 aromatic rings. The van der Waals surface area contributed by atoms with Crippen molar-refractivity contribution in [3.63, 3.8) is 0 Å². The number of benzene rings is 2. The number of nitrogen functional groups attached to an aromatic ring is 1. The standard InChI is InChI=1S/C25H33N5O6S.ClH/c1-15(2)30-22(17-7-9-18(10-8-17)24(26)27)12-19(36-30)13-23(31)28-14-21(25(32)33)29-37(34,35)20-6-4-5-16(3)11-20;/h4-11,15,19,21-22,29H,12-14H2,1-3H3,(H3,26,27)(H,28,31)(H,32,33);1H/t19-,21-,22+;/m0./s1. The molecular weight excluding hydrogens is 534 g/mol. The van der Waals surface area contributed by atoms with E-state index in [9.17, 15) is 23.1 Å². The summed E-state index contributed by atoms with van der Waals surface area (Å²) in [4.78, 5) is 30.3. The molecule has 0 aliphatic carbocycles. The number of aliphatic carboxylic acids is 1. The van der Waals surface area contributed by atoms with Crippen LogP contribution in [0.15, 0.2) is 53.4 Å². The number of halogens is 1. The molecule has 1 saturated heterocycles. The summed E-state index contributed by atoms with van der Waals surface area (Å²) in [7, 11) is -4.10. The Balaban J connectivity index is 0.00000507. The normalized spacial score (nSPS) is 18.5. The van der Waals surface area contributed by atoms with E-state index in [1.807, 2.05) is 31.0 Å². The van der Waals surface area contributed by atoms with Crippen LogP contribution >= 0.6 is 12.4 Å². The van der Waals surface area contributed by atoms with Gasteiger partial charge in [-0.05, 0) is 50.5 Å². The maximum atomic E-state index is 12.6. The molecule has 13 heteroatoms. The first kappa shape index (κ1) is 31.2. The van der Waals surface area contributed by atoms with Crippen molar-refractivity contribution in [2.45, 2.75) is 62.7 Å². The van der Waals surface area contributed by atoms with Gasteiger partial charge in [0.2, 0.25) is 15.9 Å². The van der Waals surface area contributed by atoms with Gasteiger partial charge < -0.3 is 16.2 Å². The van der Waals surface area contributed by atoms with E-state index >= 15 is 0 Å². The lowest BCUT2D eigenvalue weighted by Crippen LogP contribution is -2.48. The van der Waals surface area contributed by atoms with Crippen LogP contribution in [0.3, 0.4) is 0 Å². The topological polar surface area (TPSA) is 175 Å². The average molecular weight is 568 g/mol. The molecule has 2 aromatic carbocycles. The maximum Gasteiger partial charge on any atom is 0.323 e. The van der Waals surface area contributed by atoms with Gasteiger partial charge in [0.25, 0.3) is 0 Å². The second kappa shape index (κ2) is 13.2. The van der Waals surface area contributed by atoms with Gasteiger partial charge in [-0.3, -0.25) is 19.8 Å². The van der Waals surface area contributed by atoms with Gasteiger partial charge in [0, 0.05) is 18.2 Å². The van der Waals surface area contributed by atoms with Gasteiger partial charge in [0.05, 0.1) is 23.5 Å². The van der Waals surface area contributed by atoms with E-state index in [2.05, 4.69) is 10.0 Å². The Labute approximate surface area is 228 Å². The zero-order chi connectivity index (χ0) is 27.3. The predicted octanol–water partition coefficient (Wildman–Crippen LogP) is 2.09. The molecule has 1 aliphatic rings. The van der Waals surface area contributed by atoms with E-state index in [1.54, 1.807) is 31.2 Å². The third kappa shape index (κ3) is 7.98. The van der Waals surface area contributed by atoms with Crippen molar-refractivity contribution in [2.75, 3.05) is 6.54 Å². The van der Waals surface area contributed by atoms with Crippen LogP contribution < -0.4 is 15.8 Å². The number of carbonyl (C=O) groups is 2. The third-order valence-electron chi connectivity index (χ3n) is 5.99. The van der Waals surface area contributed by atoms with Crippen molar-refractivity contribution in [1.29, 1.82) is 5.41 Å². The minimum absolute atomic E-state index is 0. The van der Waals surface area contributed by atoms with Crippen molar-refractivity contribution in [1.82, 2.24) is 15.1 Å². The molecule has 208 valence electrons. The molecule has 0 radical (unpaired) electrons. The highest BCUT2D eigenvalue weighted by Gasteiger charge is 2.37. The van der Waals surface area contributed by atoms with Crippen molar-refractivity contribution in [2.24, 2.45) is 5.73 Å². The Hall–Kier alpha value is -3.03. The molecule has 1 amide bonds. The average Bonchev–Trinajstić information content (AvgIpc) is 3.25. The summed E-state index contributed by atoms with van der Waals surface area (Å²) in [5, 5.41) is 21.4. The fourth-order valence-corrected chi connectivity index (χ4v) is 5.42. The van der Waals surface area contributed by atoms with E-state index in [4.69, 9.17) is 16.0 Å². The van der Waals surface area contributed by atoms with Gasteiger partial charge in [0.15, 0.2) is 0 Å². The quantitative estimate of drug-likeness (QED) is 0.202. The second-order valence-electron chi connectivity index (χ2n) is 9.31. The number of carbonyl (C=O) groups excluding carboxylic acids is 1. The van der Waals surface area contributed by atoms with E-state index in [0.29, 0.717) is 17.5 Å². The van der Waals surface area contributed by atoms with Gasteiger partial charge in [-0.2, -0.15) is 9.79 Å². The van der Waals surface area contributed by atoms with Crippen LogP contribution in [0.1, 0.15) is 49.4 Å². The van der Waals surface area contributed by atoms with Gasteiger partial charge in [0.1, 0.15) is 11.9 Å².